The average Bonchev–Trinajstić information content (AvgIpc) is 2.35. The molecule has 0 amide bonds. The van der Waals surface area contributed by atoms with Gasteiger partial charge in [-0.3, -0.25) is 0 Å². The molecule has 0 bridgehead atoms. The summed E-state index contributed by atoms with van der Waals surface area (Å²) in [6, 6.07) is 5.54. The zero-order chi connectivity index (χ0) is 16.0. The Balaban J connectivity index is 2.87. The van der Waals surface area contributed by atoms with Gasteiger partial charge >= 0.3 is 0 Å². The molecule has 2 unspecified atom stereocenters. The number of halogens is 1. The number of benzene rings is 1. The summed E-state index contributed by atoms with van der Waals surface area (Å²) in [5.74, 6) is 0.483. The number of rotatable bonds is 7. The van der Waals surface area contributed by atoms with E-state index in [1.807, 2.05) is 19.1 Å². The van der Waals surface area contributed by atoms with Crippen LogP contribution < -0.4 is 5.32 Å². The van der Waals surface area contributed by atoms with Gasteiger partial charge in [-0.1, -0.05) is 52.3 Å². The summed E-state index contributed by atoms with van der Waals surface area (Å²) >= 11 is 0. The van der Waals surface area contributed by atoms with Crippen molar-refractivity contribution in [2.75, 3.05) is 6.54 Å². The molecule has 0 fully saturated rings. The van der Waals surface area contributed by atoms with Crippen molar-refractivity contribution in [1.82, 2.24) is 5.32 Å². The van der Waals surface area contributed by atoms with Crippen LogP contribution in [-0.4, -0.2) is 6.54 Å². The summed E-state index contributed by atoms with van der Waals surface area (Å²) in [6.07, 6.45) is 3.21. The van der Waals surface area contributed by atoms with Crippen LogP contribution in [0.1, 0.15) is 71.0 Å². The smallest absolute Gasteiger partial charge is 0.127 e. The van der Waals surface area contributed by atoms with Crippen molar-refractivity contribution in [1.29, 1.82) is 0 Å². The molecule has 21 heavy (non-hydrogen) atoms. The molecular weight excluding hydrogens is 261 g/mol. The highest BCUT2D eigenvalue weighted by Gasteiger charge is 2.21. The van der Waals surface area contributed by atoms with Crippen LogP contribution in [0.4, 0.5) is 4.39 Å². The van der Waals surface area contributed by atoms with Crippen LogP contribution in [-0.2, 0) is 0 Å². The molecule has 0 aliphatic carbocycles. The van der Waals surface area contributed by atoms with Gasteiger partial charge in [0, 0.05) is 11.6 Å². The van der Waals surface area contributed by atoms with Crippen LogP contribution in [0, 0.1) is 24.1 Å². The first-order valence-electron chi connectivity index (χ1n) is 8.22. The van der Waals surface area contributed by atoms with Crippen LogP contribution in [0.15, 0.2) is 18.2 Å². The molecule has 1 nitrogen and oxygen atoms in total. The maximum Gasteiger partial charge on any atom is 0.127 e. The highest BCUT2D eigenvalue weighted by molar-refractivity contribution is 5.27. The van der Waals surface area contributed by atoms with Gasteiger partial charge < -0.3 is 5.32 Å². The molecule has 1 aromatic rings. The van der Waals surface area contributed by atoms with Crippen molar-refractivity contribution in [3.63, 3.8) is 0 Å². The quantitative estimate of drug-likeness (QED) is 0.686. The first-order chi connectivity index (χ1) is 9.73. The van der Waals surface area contributed by atoms with E-state index in [9.17, 15) is 4.39 Å². The van der Waals surface area contributed by atoms with Crippen molar-refractivity contribution in [2.45, 2.75) is 66.8 Å². The van der Waals surface area contributed by atoms with Crippen molar-refractivity contribution < 1.29 is 4.39 Å². The van der Waals surface area contributed by atoms with Gasteiger partial charge in [0.05, 0.1) is 0 Å². The maximum absolute atomic E-state index is 14.2. The van der Waals surface area contributed by atoms with Crippen LogP contribution in [0.3, 0.4) is 0 Å². The zero-order valence-electron chi connectivity index (χ0n) is 14.6. The van der Waals surface area contributed by atoms with E-state index >= 15 is 0 Å². The standard InChI is InChI=1S/C19H32FN/c1-7-10-21-18(12-15(3)13-19(4,5)6)16-11-14(2)8-9-17(16)20/h8-9,11,15,18,21H,7,10,12-13H2,1-6H3. The molecule has 1 N–H and O–H groups in total. The van der Waals surface area contributed by atoms with E-state index in [4.69, 9.17) is 0 Å². The molecule has 0 spiro atoms. The fraction of sp³-hybridized carbons (Fsp3) is 0.684. The Kier molecular flexibility index (Phi) is 6.86. The third-order valence-corrected chi connectivity index (χ3v) is 3.77. The third-order valence-electron chi connectivity index (χ3n) is 3.77. The minimum atomic E-state index is -0.0860. The van der Waals surface area contributed by atoms with Crippen molar-refractivity contribution in [2.24, 2.45) is 11.3 Å². The maximum atomic E-state index is 14.2. The Morgan fingerprint density at radius 2 is 1.90 bits per heavy atom. The van der Waals surface area contributed by atoms with Crippen molar-refractivity contribution >= 4 is 0 Å². The van der Waals surface area contributed by atoms with Gasteiger partial charge in [0.2, 0.25) is 0 Å². The second kappa shape index (κ2) is 7.93. The largest absolute Gasteiger partial charge is 0.310 e. The molecule has 2 heteroatoms. The molecule has 0 aliphatic rings. The van der Waals surface area contributed by atoms with E-state index in [1.54, 1.807) is 6.07 Å². The molecule has 2 atom stereocenters. The molecule has 1 rings (SSSR count). The molecule has 0 aliphatic heterocycles. The lowest BCUT2D eigenvalue weighted by molar-refractivity contribution is 0.274. The van der Waals surface area contributed by atoms with Gasteiger partial charge in [-0.15, -0.1) is 0 Å². The first kappa shape index (κ1) is 18.2. The summed E-state index contributed by atoms with van der Waals surface area (Å²) in [7, 11) is 0. The Morgan fingerprint density at radius 1 is 1.24 bits per heavy atom. The second-order valence-corrected chi connectivity index (χ2v) is 7.64. The normalized spacial score (nSPS) is 15.0. The number of hydrogen-bond acceptors (Lipinski definition) is 1. The number of nitrogens with one attached hydrogen (secondary N) is 1. The molecule has 0 heterocycles. The highest BCUT2D eigenvalue weighted by Crippen LogP contribution is 2.31. The predicted molar refractivity (Wildman–Crippen MR) is 90.0 cm³/mol. The van der Waals surface area contributed by atoms with E-state index in [2.05, 4.69) is 39.9 Å². The zero-order valence-corrected chi connectivity index (χ0v) is 14.6. The Bertz CT molecular complexity index is 434. The molecule has 0 aromatic heterocycles. The number of aryl methyl sites for hydroxylation is 1. The predicted octanol–water partition coefficient (Wildman–Crippen LogP) is 5.64. The monoisotopic (exact) mass is 293 g/mol. The molecular formula is C19H32FN. The summed E-state index contributed by atoms with van der Waals surface area (Å²) < 4.78 is 14.2. The minimum absolute atomic E-state index is 0.0860. The van der Waals surface area contributed by atoms with E-state index < -0.39 is 0 Å². The lowest BCUT2D eigenvalue weighted by Gasteiger charge is -2.28. The van der Waals surface area contributed by atoms with E-state index in [0.717, 1.165) is 36.9 Å². The van der Waals surface area contributed by atoms with Gasteiger partial charge in [0.15, 0.2) is 0 Å². The molecule has 1 aromatic carbocycles. The molecule has 120 valence electrons. The first-order valence-corrected chi connectivity index (χ1v) is 8.22. The summed E-state index contributed by atoms with van der Waals surface area (Å²) in [5.41, 5.74) is 2.27. The fourth-order valence-electron chi connectivity index (χ4n) is 3.10. The Labute approximate surface area is 130 Å². The van der Waals surface area contributed by atoms with Crippen molar-refractivity contribution in [3.8, 4) is 0 Å². The molecule has 0 saturated heterocycles. The van der Waals surface area contributed by atoms with Crippen LogP contribution in [0.2, 0.25) is 0 Å². The Morgan fingerprint density at radius 3 is 2.48 bits per heavy atom. The SMILES string of the molecule is CCCNC(CC(C)CC(C)(C)C)c1cc(C)ccc1F. The van der Waals surface area contributed by atoms with Crippen molar-refractivity contribution in [3.05, 3.63) is 35.1 Å². The summed E-state index contributed by atoms with van der Waals surface area (Å²) in [4.78, 5) is 0. The molecule has 0 saturated carbocycles. The third kappa shape index (κ3) is 6.60. The Hall–Kier alpha value is -0.890. The number of hydrogen-bond donors (Lipinski definition) is 1. The van der Waals surface area contributed by atoms with Gasteiger partial charge in [0.1, 0.15) is 5.82 Å². The van der Waals surface area contributed by atoms with E-state index in [-0.39, 0.29) is 11.9 Å². The molecule has 0 radical (unpaired) electrons. The van der Waals surface area contributed by atoms with Gasteiger partial charge in [-0.25, -0.2) is 4.39 Å². The van der Waals surface area contributed by atoms with Gasteiger partial charge in [0.25, 0.3) is 0 Å². The van der Waals surface area contributed by atoms with Crippen LogP contribution in [0.25, 0.3) is 0 Å². The van der Waals surface area contributed by atoms with Crippen LogP contribution >= 0.6 is 0 Å². The summed E-state index contributed by atoms with van der Waals surface area (Å²) in [5, 5.41) is 3.53. The average molecular weight is 293 g/mol. The van der Waals surface area contributed by atoms with Crippen LogP contribution in [0.5, 0.6) is 0 Å². The minimum Gasteiger partial charge on any atom is -0.310 e. The lowest BCUT2D eigenvalue weighted by Crippen LogP contribution is -2.26. The van der Waals surface area contributed by atoms with Gasteiger partial charge in [-0.2, -0.15) is 0 Å². The summed E-state index contributed by atoms with van der Waals surface area (Å²) in [6.45, 7) is 14.2. The topological polar surface area (TPSA) is 12.0 Å². The fourth-order valence-corrected chi connectivity index (χ4v) is 3.10. The second-order valence-electron chi connectivity index (χ2n) is 7.64. The van der Waals surface area contributed by atoms with Gasteiger partial charge in [-0.05, 0) is 50.1 Å². The van der Waals surface area contributed by atoms with E-state index in [1.165, 1.54) is 0 Å². The van der Waals surface area contributed by atoms with E-state index in [0.29, 0.717) is 11.3 Å². The lowest BCUT2D eigenvalue weighted by atomic mass is 9.82. The highest BCUT2D eigenvalue weighted by atomic mass is 19.1.